The highest BCUT2D eigenvalue weighted by molar-refractivity contribution is 4.98. The van der Waals surface area contributed by atoms with E-state index in [1.165, 1.54) is 0 Å². The highest BCUT2D eigenvalue weighted by atomic mass is 16.8. The van der Waals surface area contributed by atoms with Crippen LogP contribution in [0.25, 0.3) is 0 Å². The van der Waals surface area contributed by atoms with E-state index in [1.807, 2.05) is 0 Å². The van der Waals surface area contributed by atoms with Crippen molar-refractivity contribution in [3.8, 4) is 0 Å². The Morgan fingerprint density at radius 2 is 0.804 bits per heavy atom. The second kappa shape index (κ2) is 19.6. The minimum Gasteiger partial charge on any atom is -0.394 e. The summed E-state index contributed by atoms with van der Waals surface area (Å²) in [5.41, 5.74) is 0. The van der Waals surface area contributed by atoms with Crippen molar-refractivity contribution in [2.75, 3.05) is 33.0 Å². The highest BCUT2D eigenvalue weighted by Crippen LogP contribution is 2.34. The fourth-order valence-corrected chi connectivity index (χ4v) is 6.88. The van der Waals surface area contributed by atoms with E-state index < -0.39 is 187 Å². The van der Waals surface area contributed by atoms with E-state index in [-0.39, 0.29) is 0 Å². The molecule has 0 aromatic heterocycles. The van der Waals surface area contributed by atoms with Crippen LogP contribution >= 0.6 is 0 Å². The van der Waals surface area contributed by atoms with Gasteiger partial charge in [-0.05, 0) is 0 Å². The van der Waals surface area contributed by atoms with Crippen molar-refractivity contribution in [3.63, 3.8) is 0 Å². The van der Waals surface area contributed by atoms with Crippen LogP contribution in [0.5, 0.6) is 0 Å². The maximum absolute atomic E-state index is 10.8. The second-order valence-electron chi connectivity index (χ2n) is 14.0. The Morgan fingerprint density at radius 1 is 0.393 bits per heavy atom. The molecule has 0 radical (unpaired) electrons. The predicted molar refractivity (Wildman–Crippen MR) is 167 cm³/mol. The first-order valence-corrected chi connectivity index (χ1v) is 17.6. The first-order valence-electron chi connectivity index (χ1n) is 17.6. The van der Waals surface area contributed by atoms with Gasteiger partial charge >= 0.3 is 0 Å². The predicted octanol–water partition coefficient (Wildman–Crippen LogP) is -11.9. The summed E-state index contributed by atoms with van der Waals surface area (Å²) in [7, 11) is 0. The van der Waals surface area contributed by atoms with Gasteiger partial charge in [0.2, 0.25) is 0 Å². The third kappa shape index (κ3) is 9.46. The van der Waals surface area contributed by atoms with Gasteiger partial charge in [0.15, 0.2) is 31.5 Å². The Bertz CT molecular complexity index is 1210. The van der Waals surface area contributed by atoms with Crippen LogP contribution in [0.15, 0.2) is 0 Å². The zero-order chi connectivity index (χ0) is 41.3. The smallest absolute Gasteiger partial charge is 0.187 e. The van der Waals surface area contributed by atoms with E-state index in [4.69, 9.17) is 47.7 Å². The van der Waals surface area contributed by atoms with Crippen LogP contribution < -0.4 is 0 Å². The van der Waals surface area contributed by atoms with Crippen molar-refractivity contribution in [1.29, 1.82) is 0 Å². The number of ether oxygens (including phenoxy) is 9. The van der Waals surface area contributed by atoms with Crippen molar-refractivity contribution in [1.82, 2.24) is 0 Å². The lowest BCUT2D eigenvalue weighted by molar-refractivity contribution is -0.299. The molecule has 5 aliphatic rings. The molecule has 0 bridgehead atoms. The standard InChI is InChI=1S/C30H52O26/c31-1-6(34)22-13(38)18(43)27(53-22)48-4-7(35)23-14(39)20(45)29(54-23)51-9(3-33)25-16(41)21(46)30(56-25)52-8(2-32)24-15(40)19(44)28(55-24)49-5-10-11(36)12(37)17(42)26(47)50-10/h6-47H,1-5H2/t6-,7-,8-,9-,10-,11-,12+,13-,14-,15-,16-,17+,18-,19-,20-,21-,22+,23+,24+,25+,26+,27-,28-,29-,30-/m1/s1. The number of hydrogen-bond acceptors (Lipinski definition) is 26. The average Bonchev–Trinajstić information content (AvgIpc) is 3.84. The second-order valence-corrected chi connectivity index (χ2v) is 14.0. The Labute approximate surface area is 316 Å². The summed E-state index contributed by atoms with van der Waals surface area (Å²) in [5.74, 6) is 0. The van der Waals surface area contributed by atoms with E-state index in [0.29, 0.717) is 0 Å². The largest absolute Gasteiger partial charge is 0.394 e. The van der Waals surface area contributed by atoms with Crippen LogP contribution in [-0.2, 0) is 42.6 Å². The highest BCUT2D eigenvalue weighted by Gasteiger charge is 2.55. The zero-order valence-electron chi connectivity index (χ0n) is 29.2. The quantitative estimate of drug-likeness (QED) is 0.0647. The summed E-state index contributed by atoms with van der Waals surface area (Å²) in [6.07, 6.45) is -43.0. The third-order valence-corrected chi connectivity index (χ3v) is 10.2. The van der Waals surface area contributed by atoms with E-state index in [1.54, 1.807) is 0 Å². The third-order valence-electron chi connectivity index (χ3n) is 10.2. The van der Waals surface area contributed by atoms with Gasteiger partial charge in [-0.2, -0.15) is 0 Å². The first kappa shape index (κ1) is 46.0. The van der Waals surface area contributed by atoms with E-state index in [9.17, 15) is 81.7 Å². The summed E-state index contributed by atoms with van der Waals surface area (Å²) in [6.45, 7) is -4.09. The molecule has 26 nitrogen and oxygen atoms in total. The molecule has 5 fully saturated rings. The lowest BCUT2D eigenvalue weighted by Gasteiger charge is -2.38. The Kier molecular flexibility index (Phi) is 16.1. The van der Waals surface area contributed by atoms with Crippen LogP contribution in [0.4, 0.5) is 0 Å². The van der Waals surface area contributed by atoms with Crippen molar-refractivity contribution in [3.05, 3.63) is 0 Å². The number of hydrogen-bond donors (Lipinski definition) is 17. The van der Waals surface area contributed by atoms with Crippen molar-refractivity contribution < 1.29 is 129 Å². The summed E-state index contributed by atoms with van der Waals surface area (Å²) >= 11 is 0. The van der Waals surface area contributed by atoms with Gasteiger partial charge in [-0.15, -0.1) is 0 Å². The molecule has 0 aliphatic carbocycles. The minimum absolute atomic E-state index is 0.637. The zero-order valence-corrected chi connectivity index (χ0v) is 29.2. The molecule has 0 aromatic carbocycles. The first-order chi connectivity index (χ1) is 26.4. The monoisotopic (exact) mass is 828 g/mol. The minimum atomic E-state index is -1.92. The van der Waals surface area contributed by atoms with Crippen molar-refractivity contribution >= 4 is 0 Å². The Balaban J connectivity index is 1.13. The lowest BCUT2D eigenvalue weighted by Crippen LogP contribution is -2.58. The Morgan fingerprint density at radius 3 is 1.30 bits per heavy atom. The molecule has 56 heavy (non-hydrogen) atoms. The molecule has 5 rings (SSSR count). The molecular formula is C30H52O26. The average molecular weight is 829 g/mol. The number of aliphatic hydroxyl groups is 17. The van der Waals surface area contributed by atoms with Crippen LogP contribution in [0, 0.1) is 0 Å². The van der Waals surface area contributed by atoms with E-state index >= 15 is 0 Å². The maximum Gasteiger partial charge on any atom is 0.187 e. The molecule has 0 aromatic rings. The van der Waals surface area contributed by atoms with Crippen molar-refractivity contribution in [2.24, 2.45) is 0 Å². The van der Waals surface area contributed by atoms with Gasteiger partial charge in [-0.25, -0.2) is 0 Å². The van der Waals surface area contributed by atoms with Gasteiger partial charge in [-0.3, -0.25) is 0 Å². The van der Waals surface area contributed by atoms with Crippen LogP contribution in [0.1, 0.15) is 0 Å². The maximum atomic E-state index is 10.8. The van der Waals surface area contributed by atoms with Gasteiger partial charge in [0.25, 0.3) is 0 Å². The summed E-state index contributed by atoms with van der Waals surface area (Å²) < 4.78 is 48.4. The number of rotatable bonds is 17. The van der Waals surface area contributed by atoms with Crippen molar-refractivity contribution in [2.45, 2.75) is 154 Å². The van der Waals surface area contributed by atoms with E-state index in [0.717, 1.165) is 0 Å². The molecule has 0 spiro atoms. The van der Waals surface area contributed by atoms with Gasteiger partial charge in [0, 0.05) is 0 Å². The fourth-order valence-electron chi connectivity index (χ4n) is 6.88. The molecular weight excluding hydrogens is 776 g/mol. The fraction of sp³-hybridized carbons (Fsp3) is 1.00. The van der Waals surface area contributed by atoms with Gasteiger partial charge in [0.1, 0.15) is 122 Å². The molecule has 5 heterocycles. The Hall–Kier alpha value is -1.04. The van der Waals surface area contributed by atoms with Gasteiger partial charge in [-0.1, -0.05) is 0 Å². The van der Waals surface area contributed by atoms with Crippen LogP contribution in [0.3, 0.4) is 0 Å². The molecule has 5 aliphatic heterocycles. The normalized spacial score (nSPS) is 49.3. The molecule has 25 atom stereocenters. The molecule has 0 saturated carbocycles. The SMILES string of the molecule is OC[C@@H](O)[C@@H]1O[C@@H](OC[C@@H](O)[C@@H]2O[C@@H](O[C@H](CO)[C@@H]3O[C@@H](O[C@H](CO)[C@@H]4O[C@@H](OC[C@H]5O[C@H](O)[C@@H](O)[C@@H](O)[C@@H]5O)[C@H](O)[C@H]4O)[C@H](O)[C@H]3O)[C@H](O)[C@H]2O)[C@H](O)[C@H]1O. The molecule has 328 valence electrons. The molecule has 0 amide bonds. The molecule has 26 heteroatoms. The topological polar surface area (TPSA) is 427 Å². The molecule has 17 N–H and O–H groups in total. The van der Waals surface area contributed by atoms with Crippen LogP contribution in [-0.4, -0.2) is 273 Å². The van der Waals surface area contributed by atoms with E-state index in [2.05, 4.69) is 0 Å². The summed E-state index contributed by atoms with van der Waals surface area (Å²) in [6, 6.07) is 0. The van der Waals surface area contributed by atoms with Gasteiger partial charge < -0.3 is 129 Å². The summed E-state index contributed by atoms with van der Waals surface area (Å²) in [5, 5.41) is 173. The number of aliphatic hydroxyl groups excluding tert-OH is 17. The molecule has 5 saturated heterocycles. The summed E-state index contributed by atoms with van der Waals surface area (Å²) in [4.78, 5) is 0. The lowest BCUT2D eigenvalue weighted by atomic mass is 9.99. The molecule has 0 unspecified atom stereocenters. The van der Waals surface area contributed by atoms with Gasteiger partial charge in [0.05, 0.1) is 33.0 Å². The van der Waals surface area contributed by atoms with Crippen LogP contribution in [0.2, 0.25) is 0 Å².